The lowest BCUT2D eigenvalue weighted by atomic mass is 9.92. The summed E-state index contributed by atoms with van der Waals surface area (Å²) in [6, 6.07) is 4.89. The van der Waals surface area contributed by atoms with Crippen molar-refractivity contribution in [1.29, 1.82) is 0 Å². The Balaban J connectivity index is 2.25. The van der Waals surface area contributed by atoms with Gasteiger partial charge in [-0.1, -0.05) is 30.3 Å². The molecule has 0 aromatic heterocycles. The third-order valence-corrected chi connectivity index (χ3v) is 3.38. The molecule has 0 spiro atoms. The SMILES string of the molecule is C=C(Cl)CN1C(=O)NC(C)(c2ccc(OC(F)F)cc2)C1=O. The van der Waals surface area contributed by atoms with Crippen LogP contribution in [0.15, 0.2) is 35.9 Å². The molecule has 1 aromatic rings. The summed E-state index contributed by atoms with van der Waals surface area (Å²) in [5, 5.41) is 2.71. The molecule has 118 valence electrons. The van der Waals surface area contributed by atoms with Crippen molar-refractivity contribution in [2.75, 3.05) is 6.54 Å². The zero-order valence-corrected chi connectivity index (χ0v) is 12.4. The van der Waals surface area contributed by atoms with Crippen molar-refractivity contribution in [3.8, 4) is 5.75 Å². The normalized spacial score (nSPS) is 21.2. The number of amides is 3. The van der Waals surface area contributed by atoms with E-state index in [2.05, 4.69) is 16.6 Å². The number of benzene rings is 1. The first-order chi connectivity index (χ1) is 10.2. The highest BCUT2D eigenvalue weighted by molar-refractivity contribution is 6.30. The van der Waals surface area contributed by atoms with Crippen molar-refractivity contribution < 1.29 is 23.1 Å². The summed E-state index contributed by atoms with van der Waals surface area (Å²) in [4.78, 5) is 25.3. The topological polar surface area (TPSA) is 58.6 Å². The molecule has 0 aliphatic carbocycles. The van der Waals surface area contributed by atoms with Crippen LogP contribution in [0.1, 0.15) is 12.5 Å². The molecule has 1 heterocycles. The lowest BCUT2D eigenvalue weighted by Gasteiger charge is -2.22. The maximum Gasteiger partial charge on any atom is 0.387 e. The standard InChI is InChI=1S/C14H13ClF2N2O3/c1-8(15)7-19-11(20)14(2,18-13(19)21)9-3-5-10(6-4-9)22-12(16)17/h3-6,12H,1,7H2,2H3,(H,18,21). The third-order valence-electron chi connectivity index (χ3n) is 3.26. The van der Waals surface area contributed by atoms with Gasteiger partial charge in [0, 0.05) is 5.03 Å². The van der Waals surface area contributed by atoms with Gasteiger partial charge in [0.2, 0.25) is 0 Å². The van der Waals surface area contributed by atoms with E-state index in [1.807, 2.05) is 0 Å². The molecule has 0 bridgehead atoms. The van der Waals surface area contributed by atoms with Gasteiger partial charge < -0.3 is 10.1 Å². The number of carbonyl (C=O) groups excluding carboxylic acids is 2. The second kappa shape index (κ2) is 5.92. The van der Waals surface area contributed by atoms with Crippen LogP contribution in [0.25, 0.3) is 0 Å². The van der Waals surface area contributed by atoms with Crippen molar-refractivity contribution in [1.82, 2.24) is 10.2 Å². The fourth-order valence-corrected chi connectivity index (χ4v) is 2.30. The van der Waals surface area contributed by atoms with E-state index >= 15 is 0 Å². The number of nitrogens with zero attached hydrogens (tertiary/aromatic N) is 1. The number of ether oxygens (including phenoxy) is 1. The number of rotatable bonds is 5. The highest BCUT2D eigenvalue weighted by Gasteiger charge is 2.48. The Morgan fingerprint density at radius 2 is 2.00 bits per heavy atom. The van der Waals surface area contributed by atoms with Crippen LogP contribution in [-0.2, 0) is 10.3 Å². The van der Waals surface area contributed by atoms with Crippen molar-refractivity contribution >= 4 is 23.5 Å². The minimum absolute atomic E-state index is 0.0369. The maximum atomic E-state index is 12.4. The van der Waals surface area contributed by atoms with Gasteiger partial charge in [0.05, 0.1) is 6.54 Å². The molecular formula is C14H13ClF2N2O3. The van der Waals surface area contributed by atoms with Crippen LogP contribution in [0.2, 0.25) is 0 Å². The van der Waals surface area contributed by atoms with Gasteiger partial charge in [0.25, 0.3) is 5.91 Å². The van der Waals surface area contributed by atoms with Crippen LogP contribution in [-0.4, -0.2) is 30.0 Å². The molecule has 1 saturated heterocycles. The van der Waals surface area contributed by atoms with E-state index in [-0.39, 0.29) is 17.3 Å². The first-order valence-corrected chi connectivity index (χ1v) is 6.64. The molecule has 0 saturated carbocycles. The van der Waals surface area contributed by atoms with E-state index in [4.69, 9.17) is 11.6 Å². The summed E-state index contributed by atoms with van der Waals surface area (Å²) in [7, 11) is 0. The predicted molar refractivity (Wildman–Crippen MR) is 75.7 cm³/mol. The molecule has 5 nitrogen and oxygen atoms in total. The molecular weight excluding hydrogens is 318 g/mol. The van der Waals surface area contributed by atoms with E-state index < -0.39 is 24.1 Å². The van der Waals surface area contributed by atoms with Crippen molar-refractivity contribution in [2.45, 2.75) is 19.1 Å². The summed E-state index contributed by atoms with van der Waals surface area (Å²) in [6.45, 7) is 1.94. The van der Waals surface area contributed by atoms with E-state index in [1.54, 1.807) is 0 Å². The Morgan fingerprint density at radius 3 is 2.50 bits per heavy atom. The van der Waals surface area contributed by atoms with Crippen LogP contribution in [0.4, 0.5) is 13.6 Å². The molecule has 1 atom stereocenters. The summed E-state index contributed by atoms with van der Waals surface area (Å²) in [5.74, 6) is -0.535. The predicted octanol–water partition coefficient (Wildman–Crippen LogP) is 2.81. The fourth-order valence-electron chi connectivity index (χ4n) is 2.18. The number of alkyl halides is 2. The molecule has 1 N–H and O–H groups in total. The minimum atomic E-state index is -2.93. The van der Waals surface area contributed by atoms with Crippen LogP contribution in [0.3, 0.4) is 0 Å². The van der Waals surface area contributed by atoms with Gasteiger partial charge >= 0.3 is 12.6 Å². The first-order valence-electron chi connectivity index (χ1n) is 6.27. The Hall–Kier alpha value is -2.15. The third kappa shape index (κ3) is 3.04. The Labute approximate surface area is 130 Å². The Bertz CT molecular complexity index is 621. The lowest BCUT2D eigenvalue weighted by Crippen LogP contribution is -2.41. The average Bonchev–Trinajstić information content (AvgIpc) is 2.63. The average molecular weight is 331 g/mol. The zero-order valence-electron chi connectivity index (χ0n) is 11.6. The van der Waals surface area contributed by atoms with Crippen LogP contribution in [0.5, 0.6) is 5.75 Å². The summed E-state index contributed by atoms with van der Waals surface area (Å²) in [5.41, 5.74) is -0.859. The zero-order chi connectivity index (χ0) is 16.5. The molecule has 1 aromatic carbocycles. The lowest BCUT2D eigenvalue weighted by molar-refractivity contribution is -0.130. The Kier molecular flexibility index (Phi) is 4.37. The van der Waals surface area contributed by atoms with Crippen molar-refractivity contribution in [2.24, 2.45) is 0 Å². The number of urea groups is 1. The van der Waals surface area contributed by atoms with E-state index in [9.17, 15) is 18.4 Å². The number of halogens is 3. The highest BCUT2D eigenvalue weighted by Crippen LogP contribution is 2.30. The second-order valence-electron chi connectivity index (χ2n) is 4.87. The number of imide groups is 1. The molecule has 0 radical (unpaired) electrons. The number of hydrogen-bond donors (Lipinski definition) is 1. The number of hydrogen-bond acceptors (Lipinski definition) is 3. The molecule has 3 amide bonds. The van der Waals surface area contributed by atoms with Gasteiger partial charge in [0.1, 0.15) is 11.3 Å². The van der Waals surface area contributed by atoms with Gasteiger partial charge in [-0.25, -0.2) is 4.79 Å². The van der Waals surface area contributed by atoms with E-state index in [0.29, 0.717) is 5.56 Å². The maximum absolute atomic E-state index is 12.4. The van der Waals surface area contributed by atoms with Gasteiger partial charge in [-0.3, -0.25) is 9.69 Å². The van der Waals surface area contributed by atoms with Crippen LogP contribution >= 0.6 is 11.6 Å². The second-order valence-corrected chi connectivity index (χ2v) is 5.40. The first kappa shape index (κ1) is 16.2. The van der Waals surface area contributed by atoms with Gasteiger partial charge in [-0.15, -0.1) is 0 Å². The largest absolute Gasteiger partial charge is 0.435 e. The molecule has 2 rings (SSSR count). The van der Waals surface area contributed by atoms with Gasteiger partial charge in [-0.05, 0) is 24.6 Å². The van der Waals surface area contributed by atoms with Gasteiger partial charge in [-0.2, -0.15) is 8.78 Å². The van der Waals surface area contributed by atoms with Crippen LogP contribution in [0, 0.1) is 0 Å². The van der Waals surface area contributed by atoms with E-state index in [1.165, 1.54) is 31.2 Å². The fraction of sp³-hybridized carbons (Fsp3) is 0.286. The minimum Gasteiger partial charge on any atom is -0.435 e. The molecule has 1 aliphatic rings. The smallest absolute Gasteiger partial charge is 0.387 e. The quantitative estimate of drug-likeness (QED) is 0.845. The van der Waals surface area contributed by atoms with E-state index in [0.717, 1.165) is 4.90 Å². The van der Waals surface area contributed by atoms with Gasteiger partial charge in [0.15, 0.2) is 0 Å². The van der Waals surface area contributed by atoms with Crippen molar-refractivity contribution in [3.63, 3.8) is 0 Å². The molecule has 22 heavy (non-hydrogen) atoms. The van der Waals surface area contributed by atoms with Crippen molar-refractivity contribution in [3.05, 3.63) is 41.4 Å². The molecule has 1 unspecified atom stereocenters. The summed E-state index contributed by atoms with van der Waals surface area (Å²) < 4.78 is 28.5. The summed E-state index contributed by atoms with van der Waals surface area (Å²) in [6.07, 6.45) is 0. The highest BCUT2D eigenvalue weighted by atomic mass is 35.5. The number of nitrogens with one attached hydrogen (secondary N) is 1. The number of carbonyl (C=O) groups is 2. The molecule has 8 heteroatoms. The molecule has 1 aliphatic heterocycles. The Morgan fingerprint density at radius 1 is 1.41 bits per heavy atom. The summed E-state index contributed by atoms with van der Waals surface area (Å²) >= 11 is 5.64. The molecule has 1 fully saturated rings. The monoisotopic (exact) mass is 330 g/mol. The van der Waals surface area contributed by atoms with Crippen LogP contribution < -0.4 is 10.1 Å².